The molecule has 2 nitrogen and oxygen atoms in total. The largest absolute Gasteiger partial charge is 0.330 e. The van der Waals surface area contributed by atoms with E-state index in [1.54, 1.807) is 11.3 Å². The van der Waals surface area contributed by atoms with Crippen LogP contribution in [0.1, 0.15) is 44.3 Å². The highest BCUT2D eigenvalue weighted by atomic mass is 32.1. The van der Waals surface area contributed by atoms with Crippen molar-refractivity contribution in [1.29, 1.82) is 0 Å². The van der Waals surface area contributed by atoms with Gasteiger partial charge in [-0.2, -0.15) is 0 Å². The molecule has 1 atom stereocenters. The summed E-state index contributed by atoms with van der Waals surface area (Å²) in [6.07, 6.45) is 3.31. The lowest BCUT2D eigenvalue weighted by Crippen LogP contribution is -2.31. The number of aromatic nitrogens is 1. The van der Waals surface area contributed by atoms with E-state index in [0.717, 1.165) is 12.8 Å². The van der Waals surface area contributed by atoms with E-state index in [0.29, 0.717) is 6.54 Å². The summed E-state index contributed by atoms with van der Waals surface area (Å²) in [5, 5.41) is 3.41. The van der Waals surface area contributed by atoms with E-state index in [9.17, 15) is 0 Å². The molecule has 0 spiro atoms. The molecular formula is C11H20N2S. The van der Waals surface area contributed by atoms with Gasteiger partial charge in [-0.15, -0.1) is 11.3 Å². The number of nitrogens with two attached hydrogens (primary N) is 1. The Hall–Kier alpha value is -0.410. The van der Waals surface area contributed by atoms with Crippen LogP contribution in [0.2, 0.25) is 0 Å². The fourth-order valence-electron chi connectivity index (χ4n) is 1.35. The molecule has 0 amide bonds. The first-order valence-electron chi connectivity index (χ1n) is 5.31. The van der Waals surface area contributed by atoms with E-state index in [2.05, 4.69) is 31.1 Å². The lowest BCUT2D eigenvalue weighted by molar-refractivity contribution is 0.455. The molecule has 0 aromatic carbocycles. The predicted octanol–water partition coefficient (Wildman–Crippen LogP) is 2.72. The van der Waals surface area contributed by atoms with Crippen LogP contribution in [-0.4, -0.2) is 11.5 Å². The predicted molar refractivity (Wildman–Crippen MR) is 62.8 cm³/mol. The van der Waals surface area contributed by atoms with Gasteiger partial charge in [-0.1, -0.05) is 20.8 Å². The summed E-state index contributed by atoms with van der Waals surface area (Å²) >= 11 is 1.77. The molecule has 1 unspecified atom stereocenters. The van der Waals surface area contributed by atoms with E-state index < -0.39 is 0 Å². The Balaban J connectivity index is 2.84. The Kier molecular flexibility index (Phi) is 4.08. The smallest absolute Gasteiger partial charge is 0.0928 e. The second-order valence-corrected chi connectivity index (χ2v) is 4.94. The van der Waals surface area contributed by atoms with Gasteiger partial charge in [0.15, 0.2) is 0 Å². The van der Waals surface area contributed by atoms with Crippen molar-refractivity contribution in [3.63, 3.8) is 0 Å². The fraction of sp³-hybridized carbons (Fsp3) is 0.727. The molecule has 14 heavy (non-hydrogen) atoms. The van der Waals surface area contributed by atoms with Gasteiger partial charge in [0.05, 0.1) is 10.7 Å². The third kappa shape index (κ3) is 2.34. The van der Waals surface area contributed by atoms with Crippen LogP contribution >= 0.6 is 11.3 Å². The molecule has 3 heteroatoms. The van der Waals surface area contributed by atoms with Crippen LogP contribution < -0.4 is 5.73 Å². The molecule has 1 aromatic heterocycles. The first-order chi connectivity index (χ1) is 6.66. The topological polar surface area (TPSA) is 38.9 Å². The minimum Gasteiger partial charge on any atom is -0.330 e. The average Bonchev–Trinajstić information content (AvgIpc) is 2.66. The lowest BCUT2D eigenvalue weighted by Gasteiger charge is -2.23. The second kappa shape index (κ2) is 4.89. The number of rotatable bonds is 5. The van der Waals surface area contributed by atoms with Crippen LogP contribution in [-0.2, 0) is 11.8 Å². The van der Waals surface area contributed by atoms with Crippen molar-refractivity contribution in [2.45, 2.75) is 45.4 Å². The zero-order valence-electron chi connectivity index (χ0n) is 9.34. The Bertz CT molecular complexity index is 277. The molecule has 1 aromatic rings. The van der Waals surface area contributed by atoms with Gasteiger partial charge in [-0.25, -0.2) is 4.98 Å². The Morgan fingerprint density at radius 2 is 2.21 bits per heavy atom. The zero-order valence-corrected chi connectivity index (χ0v) is 10.2. The minimum absolute atomic E-state index is 0.0719. The monoisotopic (exact) mass is 212 g/mol. The van der Waals surface area contributed by atoms with E-state index in [4.69, 9.17) is 5.73 Å². The summed E-state index contributed by atoms with van der Waals surface area (Å²) in [5.74, 6) is 0. The highest BCUT2D eigenvalue weighted by Crippen LogP contribution is 2.27. The SMILES string of the molecule is CCCc1nc(C(C)(CC)CN)cs1. The molecule has 1 heterocycles. The zero-order chi connectivity index (χ0) is 10.6. The molecule has 0 radical (unpaired) electrons. The lowest BCUT2D eigenvalue weighted by atomic mass is 9.85. The fourth-order valence-corrected chi connectivity index (χ4v) is 2.40. The van der Waals surface area contributed by atoms with Crippen LogP contribution in [0.25, 0.3) is 0 Å². The van der Waals surface area contributed by atoms with Crippen molar-refractivity contribution in [2.75, 3.05) is 6.54 Å². The molecular weight excluding hydrogens is 192 g/mol. The van der Waals surface area contributed by atoms with Crippen molar-refractivity contribution >= 4 is 11.3 Å². The molecule has 0 aliphatic heterocycles. The van der Waals surface area contributed by atoms with Gasteiger partial charge in [-0.05, 0) is 19.3 Å². The van der Waals surface area contributed by atoms with Crippen molar-refractivity contribution in [3.05, 3.63) is 16.1 Å². The van der Waals surface area contributed by atoms with Gasteiger partial charge >= 0.3 is 0 Å². The quantitative estimate of drug-likeness (QED) is 0.815. The number of thiazole rings is 1. The third-order valence-electron chi connectivity index (χ3n) is 2.86. The first kappa shape index (κ1) is 11.7. The normalized spacial score (nSPS) is 15.4. The number of nitrogens with zero attached hydrogens (tertiary/aromatic N) is 1. The van der Waals surface area contributed by atoms with Crippen LogP contribution in [0.3, 0.4) is 0 Å². The van der Waals surface area contributed by atoms with E-state index in [1.807, 2.05) is 0 Å². The standard InChI is InChI=1S/C11H20N2S/c1-4-6-10-13-9(7-14-10)11(3,5-2)8-12/h7H,4-6,8,12H2,1-3H3. The molecule has 0 fully saturated rings. The Labute approximate surface area is 90.6 Å². The first-order valence-corrected chi connectivity index (χ1v) is 6.19. The van der Waals surface area contributed by atoms with Crippen molar-refractivity contribution in [3.8, 4) is 0 Å². The van der Waals surface area contributed by atoms with Crippen LogP contribution in [0.15, 0.2) is 5.38 Å². The molecule has 0 bridgehead atoms. The third-order valence-corrected chi connectivity index (χ3v) is 3.77. The van der Waals surface area contributed by atoms with E-state index >= 15 is 0 Å². The van der Waals surface area contributed by atoms with Gasteiger partial charge in [-0.3, -0.25) is 0 Å². The molecule has 0 saturated carbocycles. The number of hydrogen-bond donors (Lipinski definition) is 1. The van der Waals surface area contributed by atoms with Crippen LogP contribution in [0.4, 0.5) is 0 Å². The molecule has 2 N–H and O–H groups in total. The number of aryl methyl sites for hydroxylation is 1. The Morgan fingerprint density at radius 1 is 1.50 bits per heavy atom. The summed E-state index contributed by atoms with van der Waals surface area (Å²) in [4.78, 5) is 4.65. The van der Waals surface area contributed by atoms with Gasteiger partial charge < -0.3 is 5.73 Å². The molecule has 0 aliphatic carbocycles. The molecule has 80 valence electrons. The van der Waals surface area contributed by atoms with Crippen LogP contribution in [0, 0.1) is 0 Å². The maximum absolute atomic E-state index is 5.80. The molecule has 1 rings (SSSR count). The van der Waals surface area contributed by atoms with Gasteiger partial charge in [0, 0.05) is 17.3 Å². The summed E-state index contributed by atoms with van der Waals surface area (Å²) in [7, 11) is 0. The second-order valence-electron chi connectivity index (χ2n) is 3.99. The van der Waals surface area contributed by atoms with Gasteiger partial charge in [0.25, 0.3) is 0 Å². The highest BCUT2D eigenvalue weighted by molar-refractivity contribution is 7.09. The van der Waals surface area contributed by atoms with Crippen molar-refractivity contribution in [2.24, 2.45) is 5.73 Å². The summed E-state index contributed by atoms with van der Waals surface area (Å²) in [6, 6.07) is 0. The molecule has 0 saturated heterocycles. The minimum atomic E-state index is 0.0719. The highest BCUT2D eigenvalue weighted by Gasteiger charge is 2.25. The van der Waals surface area contributed by atoms with E-state index in [-0.39, 0.29) is 5.41 Å². The van der Waals surface area contributed by atoms with E-state index in [1.165, 1.54) is 17.1 Å². The average molecular weight is 212 g/mol. The summed E-state index contributed by atoms with van der Waals surface area (Å²) in [6.45, 7) is 7.23. The summed E-state index contributed by atoms with van der Waals surface area (Å²) in [5.41, 5.74) is 7.05. The van der Waals surface area contributed by atoms with Crippen LogP contribution in [0.5, 0.6) is 0 Å². The van der Waals surface area contributed by atoms with Crippen molar-refractivity contribution in [1.82, 2.24) is 4.98 Å². The summed E-state index contributed by atoms with van der Waals surface area (Å²) < 4.78 is 0. The van der Waals surface area contributed by atoms with Gasteiger partial charge in [0.2, 0.25) is 0 Å². The van der Waals surface area contributed by atoms with Gasteiger partial charge in [0.1, 0.15) is 0 Å². The van der Waals surface area contributed by atoms with Crippen molar-refractivity contribution < 1.29 is 0 Å². The Morgan fingerprint density at radius 3 is 2.71 bits per heavy atom. The maximum Gasteiger partial charge on any atom is 0.0928 e. The number of hydrogen-bond acceptors (Lipinski definition) is 3. The molecule has 0 aliphatic rings. The maximum atomic E-state index is 5.80.